The third kappa shape index (κ3) is 3.65. The second-order valence-electron chi connectivity index (χ2n) is 6.24. The molecule has 3 aromatic heterocycles. The van der Waals surface area contributed by atoms with Crippen molar-refractivity contribution in [1.29, 1.82) is 0 Å². The van der Waals surface area contributed by atoms with E-state index in [-0.39, 0.29) is 16.4 Å². The van der Waals surface area contributed by atoms with Gasteiger partial charge in [0.15, 0.2) is 5.82 Å². The standard InChI is InChI=1S/C17H12BrF3N6O2S/c1-26-15-12(16(18)24-26)3-2-4-13(15)25-30(28,29)11-8-23-27(9-11)14-7-10(5-6-22-14)17(19,20)21/h2-9,25H,1H3. The highest BCUT2D eigenvalue weighted by Gasteiger charge is 2.31. The molecule has 4 aromatic rings. The largest absolute Gasteiger partial charge is 0.416 e. The molecule has 4 rings (SSSR count). The molecule has 0 bridgehead atoms. The molecular formula is C17H12BrF3N6O2S. The number of nitrogens with one attached hydrogen (secondary N) is 1. The fraction of sp³-hybridized carbons (Fsp3) is 0.118. The molecule has 0 amide bonds. The van der Waals surface area contributed by atoms with Crippen LogP contribution in [0.1, 0.15) is 5.56 Å². The van der Waals surface area contributed by atoms with Gasteiger partial charge >= 0.3 is 6.18 Å². The fourth-order valence-corrected chi connectivity index (χ4v) is 4.43. The Hall–Kier alpha value is -2.93. The first-order valence-electron chi connectivity index (χ1n) is 8.28. The summed E-state index contributed by atoms with van der Waals surface area (Å²) < 4.78 is 69.9. The van der Waals surface area contributed by atoms with E-state index in [1.54, 1.807) is 25.2 Å². The first kappa shape index (κ1) is 20.3. The number of benzene rings is 1. The van der Waals surface area contributed by atoms with E-state index in [1.165, 1.54) is 4.68 Å². The lowest BCUT2D eigenvalue weighted by molar-refractivity contribution is -0.137. The maximum atomic E-state index is 12.9. The normalized spacial score (nSPS) is 12.4. The lowest BCUT2D eigenvalue weighted by Crippen LogP contribution is -2.13. The van der Waals surface area contributed by atoms with E-state index in [4.69, 9.17) is 0 Å². The number of nitrogens with zero attached hydrogens (tertiary/aromatic N) is 5. The zero-order valence-corrected chi connectivity index (χ0v) is 17.5. The summed E-state index contributed by atoms with van der Waals surface area (Å²) >= 11 is 3.32. The van der Waals surface area contributed by atoms with Gasteiger partial charge in [-0.05, 0) is 40.2 Å². The molecule has 0 saturated heterocycles. The van der Waals surface area contributed by atoms with Crippen molar-refractivity contribution in [1.82, 2.24) is 24.5 Å². The predicted octanol–water partition coefficient (Wildman–Crippen LogP) is 3.74. The molecule has 13 heteroatoms. The van der Waals surface area contributed by atoms with Crippen molar-refractivity contribution in [3.63, 3.8) is 0 Å². The number of pyridine rings is 1. The lowest BCUT2D eigenvalue weighted by atomic mass is 10.2. The Morgan fingerprint density at radius 2 is 1.97 bits per heavy atom. The minimum atomic E-state index is -4.56. The van der Waals surface area contributed by atoms with Crippen LogP contribution in [0.25, 0.3) is 16.7 Å². The molecule has 156 valence electrons. The minimum Gasteiger partial charge on any atom is -0.277 e. The van der Waals surface area contributed by atoms with Gasteiger partial charge in [0.25, 0.3) is 10.0 Å². The summed E-state index contributed by atoms with van der Waals surface area (Å²) in [5.41, 5.74) is -0.0722. The number of aromatic nitrogens is 5. The Labute approximate surface area is 176 Å². The van der Waals surface area contributed by atoms with E-state index in [2.05, 4.69) is 35.8 Å². The fourth-order valence-electron chi connectivity index (χ4n) is 2.87. The van der Waals surface area contributed by atoms with Gasteiger partial charge in [0.1, 0.15) is 9.50 Å². The molecule has 0 unspecified atom stereocenters. The minimum absolute atomic E-state index is 0.163. The van der Waals surface area contributed by atoms with Gasteiger partial charge in [0, 0.05) is 18.6 Å². The number of aryl methyl sites for hydroxylation is 1. The molecule has 3 heterocycles. The SMILES string of the molecule is Cn1nc(Br)c2cccc(NS(=O)(=O)c3cnn(-c4cc(C(F)(F)F)ccn4)c3)c21. The zero-order valence-electron chi connectivity index (χ0n) is 15.1. The summed E-state index contributed by atoms with van der Waals surface area (Å²) in [4.78, 5) is 3.59. The number of halogens is 4. The van der Waals surface area contributed by atoms with E-state index in [1.807, 2.05) is 0 Å². The van der Waals surface area contributed by atoms with Crippen molar-refractivity contribution in [2.45, 2.75) is 11.1 Å². The van der Waals surface area contributed by atoms with Crippen LogP contribution in [0.5, 0.6) is 0 Å². The summed E-state index contributed by atoms with van der Waals surface area (Å²) in [7, 11) is -2.41. The number of para-hydroxylation sites is 1. The molecule has 0 aliphatic rings. The number of rotatable bonds is 4. The van der Waals surface area contributed by atoms with Gasteiger partial charge in [0.05, 0.1) is 29.2 Å². The Bertz CT molecular complexity index is 1360. The van der Waals surface area contributed by atoms with Crippen LogP contribution in [0.15, 0.2) is 58.4 Å². The van der Waals surface area contributed by atoms with Crippen molar-refractivity contribution < 1.29 is 21.6 Å². The van der Waals surface area contributed by atoms with Crippen molar-refractivity contribution >= 4 is 42.5 Å². The summed E-state index contributed by atoms with van der Waals surface area (Å²) in [6.45, 7) is 0. The molecule has 0 fully saturated rings. The van der Waals surface area contributed by atoms with Gasteiger partial charge in [-0.1, -0.05) is 6.07 Å². The van der Waals surface area contributed by atoms with Crippen molar-refractivity contribution in [3.05, 3.63) is 59.1 Å². The maximum Gasteiger partial charge on any atom is 0.416 e. The van der Waals surface area contributed by atoms with Gasteiger partial charge < -0.3 is 0 Å². The van der Waals surface area contributed by atoms with Crippen LogP contribution in [0, 0.1) is 0 Å². The van der Waals surface area contributed by atoms with Crippen LogP contribution in [-0.4, -0.2) is 33.0 Å². The smallest absolute Gasteiger partial charge is 0.277 e. The van der Waals surface area contributed by atoms with E-state index >= 15 is 0 Å². The molecule has 1 aromatic carbocycles. The monoisotopic (exact) mass is 500 g/mol. The maximum absolute atomic E-state index is 12.9. The lowest BCUT2D eigenvalue weighted by Gasteiger charge is -2.09. The number of sulfonamides is 1. The van der Waals surface area contributed by atoms with Gasteiger partial charge in [-0.15, -0.1) is 0 Å². The van der Waals surface area contributed by atoms with E-state index in [0.717, 1.165) is 35.4 Å². The van der Waals surface area contributed by atoms with Crippen LogP contribution < -0.4 is 4.72 Å². The molecule has 8 nitrogen and oxygen atoms in total. The Kier molecular flexibility index (Phi) is 4.81. The van der Waals surface area contributed by atoms with Gasteiger partial charge in [-0.2, -0.15) is 23.4 Å². The molecule has 30 heavy (non-hydrogen) atoms. The average Bonchev–Trinajstić information content (AvgIpc) is 3.28. The molecule has 0 radical (unpaired) electrons. The second kappa shape index (κ2) is 7.09. The molecule has 0 spiro atoms. The average molecular weight is 501 g/mol. The van der Waals surface area contributed by atoms with Gasteiger partial charge in [0.2, 0.25) is 0 Å². The van der Waals surface area contributed by atoms with Crippen molar-refractivity contribution in [2.24, 2.45) is 7.05 Å². The number of hydrogen-bond acceptors (Lipinski definition) is 5. The highest BCUT2D eigenvalue weighted by atomic mass is 79.9. The number of anilines is 1. The van der Waals surface area contributed by atoms with Crippen LogP contribution in [0.3, 0.4) is 0 Å². The Morgan fingerprint density at radius 3 is 2.70 bits per heavy atom. The first-order chi connectivity index (χ1) is 14.1. The summed E-state index contributed by atoms with van der Waals surface area (Å²) in [5.74, 6) is -0.163. The van der Waals surface area contributed by atoms with E-state index < -0.39 is 21.8 Å². The second-order valence-corrected chi connectivity index (χ2v) is 8.68. The van der Waals surface area contributed by atoms with Crippen molar-refractivity contribution in [2.75, 3.05) is 4.72 Å². The quantitative estimate of drug-likeness (QED) is 0.460. The van der Waals surface area contributed by atoms with Gasteiger partial charge in [-0.25, -0.2) is 18.1 Å². The summed E-state index contributed by atoms with van der Waals surface area (Å²) in [6, 6.07) is 6.63. The van der Waals surface area contributed by atoms with Crippen LogP contribution >= 0.6 is 15.9 Å². The summed E-state index contributed by atoms with van der Waals surface area (Å²) in [5, 5.41) is 8.76. The number of fused-ring (bicyclic) bond motifs is 1. The van der Waals surface area contributed by atoms with E-state index in [0.29, 0.717) is 15.5 Å². The third-order valence-corrected chi connectivity index (χ3v) is 6.15. The molecule has 1 N–H and O–H groups in total. The third-order valence-electron chi connectivity index (χ3n) is 4.24. The highest BCUT2D eigenvalue weighted by Crippen LogP contribution is 2.31. The number of hydrogen-bond donors (Lipinski definition) is 1. The van der Waals surface area contributed by atoms with Crippen LogP contribution in [0.2, 0.25) is 0 Å². The molecule has 0 atom stereocenters. The van der Waals surface area contributed by atoms with Crippen LogP contribution in [0.4, 0.5) is 18.9 Å². The molecule has 0 aliphatic carbocycles. The molecule has 0 aliphatic heterocycles. The molecule has 0 saturated carbocycles. The first-order valence-corrected chi connectivity index (χ1v) is 10.6. The predicted molar refractivity (Wildman–Crippen MR) is 106 cm³/mol. The van der Waals surface area contributed by atoms with Gasteiger partial charge in [-0.3, -0.25) is 9.40 Å². The Balaban J connectivity index is 1.69. The Morgan fingerprint density at radius 1 is 1.20 bits per heavy atom. The highest BCUT2D eigenvalue weighted by molar-refractivity contribution is 9.10. The van der Waals surface area contributed by atoms with E-state index in [9.17, 15) is 21.6 Å². The van der Waals surface area contributed by atoms with Crippen LogP contribution in [-0.2, 0) is 23.2 Å². The zero-order chi connectivity index (χ0) is 21.7. The summed E-state index contributed by atoms with van der Waals surface area (Å²) in [6.07, 6.45) is -1.46. The number of alkyl halides is 3. The molecular weight excluding hydrogens is 489 g/mol. The topological polar surface area (TPSA) is 94.7 Å². The van der Waals surface area contributed by atoms with Crippen molar-refractivity contribution in [3.8, 4) is 5.82 Å².